The molecule has 15 heavy (non-hydrogen) atoms. The second-order valence-electron chi connectivity index (χ2n) is 5.49. The number of hydrogen-bond donors (Lipinski definition) is 2. The Balaban J connectivity index is 1.58. The molecule has 3 heteroatoms. The lowest BCUT2D eigenvalue weighted by molar-refractivity contribution is 0.0465. The minimum atomic E-state index is 0.316. The van der Waals surface area contributed by atoms with Gasteiger partial charge >= 0.3 is 0 Å². The number of hydrogen-bond acceptors (Lipinski definition) is 3. The summed E-state index contributed by atoms with van der Waals surface area (Å²) >= 11 is 0. The zero-order chi connectivity index (χ0) is 10.7. The molecule has 3 nitrogen and oxygen atoms in total. The molecule has 0 radical (unpaired) electrons. The highest BCUT2D eigenvalue weighted by Gasteiger charge is 2.31. The van der Waals surface area contributed by atoms with Crippen LogP contribution in [-0.4, -0.2) is 31.8 Å². The van der Waals surface area contributed by atoms with E-state index in [1.807, 2.05) is 0 Å². The molecule has 88 valence electrons. The van der Waals surface area contributed by atoms with Crippen molar-refractivity contribution in [2.45, 2.75) is 51.2 Å². The van der Waals surface area contributed by atoms with Crippen molar-refractivity contribution in [3.63, 3.8) is 0 Å². The quantitative estimate of drug-likeness (QED) is 0.721. The van der Waals surface area contributed by atoms with Crippen molar-refractivity contribution in [3.8, 4) is 0 Å². The molecule has 1 saturated carbocycles. The predicted octanol–water partition coefficient (Wildman–Crippen LogP) is 1.27. The second kappa shape index (κ2) is 4.81. The van der Waals surface area contributed by atoms with Gasteiger partial charge in [-0.05, 0) is 31.1 Å². The summed E-state index contributed by atoms with van der Waals surface area (Å²) in [5.41, 5.74) is 6.15. The molecule has 0 spiro atoms. The van der Waals surface area contributed by atoms with Crippen LogP contribution in [0.5, 0.6) is 0 Å². The standard InChI is InChI=1S/C12H24N2O/c1-12(5-2-6-12)9-14-8-11-4-3-10(7-13)15-11/h10-11,14H,2-9,13H2,1H3. The number of rotatable bonds is 5. The molecule has 2 aliphatic rings. The van der Waals surface area contributed by atoms with E-state index in [1.165, 1.54) is 25.7 Å². The Kier molecular flexibility index (Phi) is 3.65. The van der Waals surface area contributed by atoms with Crippen LogP contribution in [0.1, 0.15) is 39.0 Å². The largest absolute Gasteiger partial charge is 0.372 e. The second-order valence-corrected chi connectivity index (χ2v) is 5.49. The van der Waals surface area contributed by atoms with Gasteiger partial charge in [0.05, 0.1) is 12.2 Å². The first-order chi connectivity index (χ1) is 7.22. The maximum Gasteiger partial charge on any atom is 0.0704 e. The van der Waals surface area contributed by atoms with E-state index in [2.05, 4.69) is 12.2 Å². The minimum Gasteiger partial charge on any atom is -0.372 e. The van der Waals surface area contributed by atoms with Gasteiger partial charge in [-0.15, -0.1) is 0 Å². The summed E-state index contributed by atoms with van der Waals surface area (Å²) in [6.45, 7) is 5.21. The molecule has 0 aromatic heterocycles. The fourth-order valence-electron chi connectivity index (χ4n) is 2.60. The van der Waals surface area contributed by atoms with Crippen LogP contribution in [0, 0.1) is 5.41 Å². The van der Waals surface area contributed by atoms with Crippen molar-refractivity contribution in [1.29, 1.82) is 0 Å². The molecule has 0 bridgehead atoms. The van der Waals surface area contributed by atoms with Crippen LogP contribution in [0.25, 0.3) is 0 Å². The first-order valence-corrected chi connectivity index (χ1v) is 6.28. The van der Waals surface area contributed by atoms with Crippen molar-refractivity contribution in [3.05, 3.63) is 0 Å². The fourth-order valence-corrected chi connectivity index (χ4v) is 2.60. The summed E-state index contributed by atoms with van der Waals surface area (Å²) < 4.78 is 5.79. The minimum absolute atomic E-state index is 0.316. The predicted molar refractivity (Wildman–Crippen MR) is 61.8 cm³/mol. The first kappa shape index (κ1) is 11.4. The van der Waals surface area contributed by atoms with Crippen molar-refractivity contribution >= 4 is 0 Å². The van der Waals surface area contributed by atoms with Gasteiger partial charge in [0.1, 0.15) is 0 Å². The number of nitrogens with two attached hydrogens (primary N) is 1. The Hall–Kier alpha value is -0.120. The van der Waals surface area contributed by atoms with Crippen LogP contribution in [-0.2, 0) is 4.74 Å². The Morgan fingerprint density at radius 3 is 2.60 bits per heavy atom. The van der Waals surface area contributed by atoms with Crippen LogP contribution in [0.3, 0.4) is 0 Å². The highest BCUT2D eigenvalue weighted by molar-refractivity contribution is 4.86. The van der Waals surface area contributed by atoms with E-state index < -0.39 is 0 Å². The molecular formula is C12H24N2O. The van der Waals surface area contributed by atoms with E-state index in [-0.39, 0.29) is 0 Å². The van der Waals surface area contributed by atoms with Crippen molar-refractivity contribution in [2.24, 2.45) is 11.1 Å². The monoisotopic (exact) mass is 212 g/mol. The number of ether oxygens (including phenoxy) is 1. The highest BCUT2D eigenvalue weighted by Crippen LogP contribution is 2.39. The first-order valence-electron chi connectivity index (χ1n) is 6.28. The maximum atomic E-state index is 5.79. The van der Waals surface area contributed by atoms with Gasteiger partial charge in [0.2, 0.25) is 0 Å². The van der Waals surface area contributed by atoms with Crippen molar-refractivity contribution in [1.82, 2.24) is 5.32 Å². The topological polar surface area (TPSA) is 47.3 Å². The van der Waals surface area contributed by atoms with E-state index in [0.717, 1.165) is 19.5 Å². The maximum absolute atomic E-state index is 5.79. The number of nitrogens with one attached hydrogen (secondary N) is 1. The van der Waals surface area contributed by atoms with Crippen LogP contribution in [0.2, 0.25) is 0 Å². The molecule has 1 saturated heterocycles. The molecule has 2 fully saturated rings. The SMILES string of the molecule is CC1(CNCC2CCC(CN)O2)CCC1. The van der Waals surface area contributed by atoms with E-state index >= 15 is 0 Å². The average molecular weight is 212 g/mol. The van der Waals surface area contributed by atoms with Gasteiger partial charge in [-0.2, -0.15) is 0 Å². The van der Waals surface area contributed by atoms with Crippen LogP contribution >= 0.6 is 0 Å². The molecule has 1 aliphatic heterocycles. The Bertz CT molecular complexity index is 204. The molecule has 2 rings (SSSR count). The fraction of sp³-hybridized carbons (Fsp3) is 1.00. The molecular weight excluding hydrogens is 188 g/mol. The summed E-state index contributed by atoms with van der Waals surface area (Å²) in [6.07, 6.45) is 7.21. The van der Waals surface area contributed by atoms with Gasteiger partial charge in [0.15, 0.2) is 0 Å². The molecule has 2 unspecified atom stereocenters. The zero-order valence-corrected chi connectivity index (χ0v) is 9.80. The highest BCUT2D eigenvalue weighted by atomic mass is 16.5. The summed E-state index contributed by atoms with van der Waals surface area (Å²) in [7, 11) is 0. The van der Waals surface area contributed by atoms with E-state index in [1.54, 1.807) is 0 Å². The summed E-state index contributed by atoms with van der Waals surface area (Å²) in [5, 5.41) is 3.55. The van der Waals surface area contributed by atoms with Crippen LogP contribution < -0.4 is 11.1 Å². The Morgan fingerprint density at radius 2 is 2.07 bits per heavy atom. The lowest BCUT2D eigenvalue weighted by Gasteiger charge is -2.38. The smallest absolute Gasteiger partial charge is 0.0704 e. The van der Waals surface area contributed by atoms with Gasteiger partial charge in [-0.25, -0.2) is 0 Å². The molecule has 3 N–H and O–H groups in total. The van der Waals surface area contributed by atoms with Gasteiger partial charge < -0.3 is 15.8 Å². The lowest BCUT2D eigenvalue weighted by Crippen LogP contribution is -2.40. The normalized spacial score (nSPS) is 34.0. The van der Waals surface area contributed by atoms with Gasteiger partial charge in [0.25, 0.3) is 0 Å². The zero-order valence-electron chi connectivity index (χ0n) is 9.80. The van der Waals surface area contributed by atoms with Crippen LogP contribution in [0.4, 0.5) is 0 Å². The molecule has 0 aromatic rings. The van der Waals surface area contributed by atoms with Crippen LogP contribution in [0.15, 0.2) is 0 Å². The molecule has 1 aliphatic carbocycles. The molecule has 1 heterocycles. The summed E-state index contributed by atoms with van der Waals surface area (Å²) in [5.74, 6) is 0. The Labute approximate surface area is 92.7 Å². The van der Waals surface area contributed by atoms with Gasteiger partial charge in [0, 0.05) is 19.6 Å². The van der Waals surface area contributed by atoms with E-state index in [4.69, 9.17) is 10.5 Å². The van der Waals surface area contributed by atoms with Gasteiger partial charge in [-0.3, -0.25) is 0 Å². The van der Waals surface area contributed by atoms with E-state index in [9.17, 15) is 0 Å². The third-order valence-corrected chi connectivity index (χ3v) is 3.94. The van der Waals surface area contributed by atoms with Gasteiger partial charge in [-0.1, -0.05) is 13.3 Å². The summed E-state index contributed by atoms with van der Waals surface area (Å²) in [4.78, 5) is 0. The van der Waals surface area contributed by atoms with Crippen molar-refractivity contribution in [2.75, 3.05) is 19.6 Å². The average Bonchev–Trinajstić information content (AvgIpc) is 2.63. The molecule has 2 atom stereocenters. The van der Waals surface area contributed by atoms with E-state index in [0.29, 0.717) is 24.2 Å². The third kappa shape index (κ3) is 2.92. The lowest BCUT2D eigenvalue weighted by atomic mass is 9.70. The Morgan fingerprint density at radius 1 is 1.33 bits per heavy atom. The summed E-state index contributed by atoms with van der Waals surface area (Å²) in [6, 6.07) is 0. The third-order valence-electron chi connectivity index (χ3n) is 3.94. The van der Waals surface area contributed by atoms with Crippen molar-refractivity contribution < 1.29 is 4.74 Å². The molecule has 0 aromatic carbocycles. The molecule has 0 amide bonds.